The highest BCUT2D eigenvalue weighted by molar-refractivity contribution is 7.80. The van der Waals surface area contributed by atoms with Gasteiger partial charge in [-0.25, -0.2) is 0 Å². The molecule has 0 spiro atoms. The number of nitrogens with two attached hydrogens (primary N) is 1. The van der Waals surface area contributed by atoms with Gasteiger partial charge in [-0.15, -0.1) is 0 Å². The molecule has 0 aliphatic carbocycles. The fraction of sp³-hybridized carbons (Fsp3) is 0.200. The third kappa shape index (κ3) is 2.60. The molecule has 2 nitrogen and oxygen atoms in total. The lowest BCUT2D eigenvalue weighted by molar-refractivity contribution is 0.413. The zero-order valence-corrected chi connectivity index (χ0v) is 8.27. The lowest BCUT2D eigenvalue weighted by Crippen LogP contribution is -1.91. The minimum atomic E-state index is 0.526. The second-order valence-electron chi connectivity index (χ2n) is 2.42. The van der Waals surface area contributed by atoms with Crippen molar-refractivity contribution in [2.24, 2.45) is 0 Å². The van der Waals surface area contributed by atoms with E-state index >= 15 is 0 Å². The van der Waals surface area contributed by atoms with Gasteiger partial charge in [-0.1, -0.05) is 11.8 Å². The van der Waals surface area contributed by atoms with Crippen LogP contribution in [0.5, 0.6) is 5.75 Å². The van der Waals surface area contributed by atoms with E-state index in [0.29, 0.717) is 11.4 Å². The first kappa shape index (κ1) is 9.82. The van der Waals surface area contributed by atoms with Crippen molar-refractivity contribution in [1.82, 2.24) is 0 Å². The summed E-state index contributed by atoms with van der Waals surface area (Å²) in [5.74, 6) is 7.03. The van der Waals surface area contributed by atoms with Crippen molar-refractivity contribution in [2.75, 3.05) is 18.6 Å². The van der Waals surface area contributed by atoms with Crippen LogP contribution >= 0.6 is 12.6 Å². The third-order valence-electron chi connectivity index (χ3n) is 1.53. The van der Waals surface area contributed by atoms with E-state index in [4.69, 9.17) is 10.5 Å². The number of methoxy groups -OCH3 is 1. The molecule has 3 heteroatoms. The highest BCUT2D eigenvalue weighted by Crippen LogP contribution is 2.19. The lowest BCUT2D eigenvalue weighted by Gasteiger charge is -2.03. The summed E-state index contributed by atoms with van der Waals surface area (Å²) < 4.78 is 5.11. The average Bonchev–Trinajstić information content (AvgIpc) is 2.15. The Bertz CT molecular complexity index is 352. The van der Waals surface area contributed by atoms with Gasteiger partial charge in [0.2, 0.25) is 0 Å². The summed E-state index contributed by atoms with van der Waals surface area (Å²) >= 11 is 3.99. The van der Waals surface area contributed by atoms with Crippen molar-refractivity contribution >= 4 is 18.3 Å². The van der Waals surface area contributed by atoms with E-state index in [0.717, 1.165) is 11.3 Å². The third-order valence-corrected chi connectivity index (χ3v) is 1.68. The lowest BCUT2D eigenvalue weighted by atomic mass is 10.2. The average molecular weight is 193 g/mol. The van der Waals surface area contributed by atoms with Crippen LogP contribution in [-0.4, -0.2) is 12.9 Å². The highest BCUT2D eigenvalue weighted by atomic mass is 32.1. The van der Waals surface area contributed by atoms with Crippen LogP contribution in [0.3, 0.4) is 0 Å². The molecule has 0 fully saturated rings. The van der Waals surface area contributed by atoms with E-state index < -0.39 is 0 Å². The van der Waals surface area contributed by atoms with E-state index in [-0.39, 0.29) is 0 Å². The van der Waals surface area contributed by atoms with Crippen LogP contribution in [-0.2, 0) is 0 Å². The molecule has 0 heterocycles. The number of benzene rings is 1. The number of thiol groups is 1. The Hall–Kier alpha value is -1.27. The molecule has 1 rings (SSSR count). The second kappa shape index (κ2) is 4.68. The van der Waals surface area contributed by atoms with Crippen molar-refractivity contribution in [2.45, 2.75) is 0 Å². The smallest absolute Gasteiger partial charge is 0.134 e. The van der Waals surface area contributed by atoms with E-state index in [9.17, 15) is 0 Å². The van der Waals surface area contributed by atoms with Crippen LogP contribution in [0.15, 0.2) is 18.2 Å². The molecule has 2 N–H and O–H groups in total. The van der Waals surface area contributed by atoms with E-state index in [1.807, 2.05) is 0 Å². The van der Waals surface area contributed by atoms with Crippen molar-refractivity contribution in [3.63, 3.8) is 0 Å². The Balaban J connectivity index is 3.08. The van der Waals surface area contributed by atoms with Gasteiger partial charge in [0.1, 0.15) is 5.75 Å². The fourth-order valence-corrected chi connectivity index (χ4v) is 1.04. The standard InChI is InChI=1S/C10H11NOS/c1-12-10-5-4-9(11)7-8(10)3-2-6-13/h4-5,7,13H,6,11H2,1H3. The second-order valence-corrected chi connectivity index (χ2v) is 2.74. The summed E-state index contributed by atoms with van der Waals surface area (Å²) in [4.78, 5) is 0. The summed E-state index contributed by atoms with van der Waals surface area (Å²) in [6.45, 7) is 0. The Morgan fingerprint density at radius 3 is 2.92 bits per heavy atom. The summed E-state index contributed by atoms with van der Waals surface area (Å²) in [6, 6.07) is 5.37. The van der Waals surface area contributed by atoms with Gasteiger partial charge in [0.05, 0.1) is 18.4 Å². The molecule has 0 aliphatic rings. The normalized spacial score (nSPS) is 8.77. The molecule has 68 valence electrons. The summed E-state index contributed by atoms with van der Waals surface area (Å²) in [5.41, 5.74) is 7.10. The summed E-state index contributed by atoms with van der Waals surface area (Å²) in [6.07, 6.45) is 0. The van der Waals surface area contributed by atoms with Crippen LogP contribution in [0, 0.1) is 11.8 Å². The van der Waals surface area contributed by atoms with Crippen LogP contribution in [0.2, 0.25) is 0 Å². The molecule has 1 aromatic carbocycles. The molecule has 0 unspecified atom stereocenters. The van der Waals surface area contributed by atoms with Gasteiger partial charge in [-0.05, 0) is 18.2 Å². The molecular formula is C10H11NOS. The number of rotatable bonds is 1. The van der Waals surface area contributed by atoms with Gasteiger partial charge >= 0.3 is 0 Å². The maximum atomic E-state index is 5.61. The molecule has 1 aromatic rings. The number of hydrogen-bond acceptors (Lipinski definition) is 3. The number of anilines is 1. The van der Waals surface area contributed by atoms with Crippen molar-refractivity contribution < 1.29 is 4.74 Å². The number of nitrogen functional groups attached to an aromatic ring is 1. The van der Waals surface area contributed by atoms with Crippen LogP contribution in [0.25, 0.3) is 0 Å². The van der Waals surface area contributed by atoms with Crippen molar-refractivity contribution in [1.29, 1.82) is 0 Å². The SMILES string of the molecule is COc1ccc(N)cc1C#CCS. The molecule has 0 saturated heterocycles. The van der Waals surface area contributed by atoms with Crippen molar-refractivity contribution in [3.8, 4) is 17.6 Å². The Labute approximate surface area is 83.5 Å². The van der Waals surface area contributed by atoms with Gasteiger partial charge in [0.25, 0.3) is 0 Å². The van der Waals surface area contributed by atoms with E-state index in [1.165, 1.54) is 0 Å². The van der Waals surface area contributed by atoms with E-state index in [2.05, 4.69) is 24.5 Å². The minimum absolute atomic E-state index is 0.526. The minimum Gasteiger partial charge on any atom is -0.495 e. The molecule has 0 bridgehead atoms. The first-order valence-corrected chi connectivity index (χ1v) is 4.44. The summed E-state index contributed by atoms with van der Waals surface area (Å²) in [5, 5.41) is 0. The number of ether oxygens (including phenoxy) is 1. The Morgan fingerprint density at radius 1 is 1.54 bits per heavy atom. The zero-order valence-electron chi connectivity index (χ0n) is 7.37. The molecule has 0 atom stereocenters. The van der Waals surface area contributed by atoms with Crippen LogP contribution < -0.4 is 10.5 Å². The fourth-order valence-electron chi connectivity index (χ4n) is 0.958. The molecule has 0 aliphatic heterocycles. The first-order chi connectivity index (χ1) is 6.27. The van der Waals surface area contributed by atoms with E-state index in [1.54, 1.807) is 25.3 Å². The molecule has 13 heavy (non-hydrogen) atoms. The van der Waals surface area contributed by atoms with Crippen molar-refractivity contribution in [3.05, 3.63) is 23.8 Å². The molecule has 0 radical (unpaired) electrons. The zero-order chi connectivity index (χ0) is 9.68. The molecule has 0 saturated carbocycles. The first-order valence-electron chi connectivity index (χ1n) is 3.81. The van der Waals surface area contributed by atoms with Gasteiger partial charge in [-0.3, -0.25) is 0 Å². The monoisotopic (exact) mass is 193 g/mol. The van der Waals surface area contributed by atoms with Gasteiger partial charge < -0.3 is 10.5 Å². The summed E-state index contributed by atoms with van der Waals surface area (Å²) in [7, 11) is 1.61. The maximum Gasteiger partial charge on any atom is 0.134 e. The van der Waals surface area contributed by atoms with Gasteiger partial charge in [0.15, 0.2) is 0 Å². The van der Waals surface area contributed by atoms with Gasteiger partial charge in [0, 0.05) is 5.69 Å². The maximum absolute atomic E-state index is 5.61. The largest absolute Gasteiger partial charge is 0.495 e. The predicted molar refractivity (Wildman–Crippen MR) is 58.1 cm³/mol. The predicted octanol–water partition coefficient (Wildman–Crippen LogP) is 1.56. The van der Waals surface area contributed by atoms with Crippen LogP contribution in [0.4, 0.5) is 5.69 Å². The Morgan fingerprint density at radius 2 is 2.31 bits per heavy atom. The highest BCUT2D eigenvalue weighted by Gasteiger charge is 1.98. The molecular weight excluding hydrogens is 182 g/mol. The Kier molecular flexibility index (Phi) is 3.53. The number of hydrogen-bond donors (Lipinski definition) is 2. The van der Waals surface area contributed by atoms with Gasteiger partial charge in [-0.2, -0.15) is 12.6 Å². The molecule has 0 aromatic heterocycles. The van der Waals surface area contributed by atoms with Crippen LogP contribution in [0.1, 0.15) is 5.56 Å². The molecule has 0 amide bonds. The quantitative estimate of drug-likeness (QED) is 0.403. The topological polar surface area (TPSA) is 35.2 Å².